The summed E-state index contributed by atoms with van der Waals surface area (Å²) in [5, 5.41) is 12.9. The van der Waals surface area contributed by atoms with Crippen molar-refractivity contribution in [2.24, 2.45) is 0 Å². The van der Waals surface area contributed by atoms with E-state index in [1.54, 1.807) is 35.3 Å². The van der Waals surface area contributed by atoms with E-state index in [0.29, 0.717) is 22.1 Å². The molecule has 2 aromatic carbocycles. The number of rotatable bonds is 6. The summed E-state index contributed by atoms with van der Waals surface area (Å²) in [6.07, 6.45) is 3.38. The Labute approximate surface area is 206 Å². The third kappa shape index (κ3) is 4.65. The third-order valence-corrected chi connectivity index (χ3v) is 6.07. The van der Waals surface area contributed by atoms with E-state index in [0.717, 1.165) is 27.8 Å². The van der Waals surface area contributed by atoms with E-state index >= 15 is 0 Å². The van der Waals surface area contributed by atoms with Gasteiger partial charge in [-0.15, -0.1) is 0 Å². The van der Waals surface area contributed by atoms with Crippen molar-refractivity contribution in [3.05, 3.63) is 94.7 Å². The lowest BCUT2D eigenvalue weighted by Gasteiger charge is -2.07. The molecule has 0 saturated heterocycles. The third-order valence-electron chi connectivity index (χ3n) is 5.72. The van der Waals surface area contributed by atoms with Crippen molar-refractivity contribution < 1.29 is 9.18 Å². The second-order valence-electron chi connectivity index (χ2n) is 8.32. The number of hydrogen-bond acceptors (Lipinski definition) is 4. The molecule has 5 aromatic rings. The monoisotopic (exact) mass is 488 g/mol. The highest BCUT2D eigenvalue weighted by Crippen LogP contribution is 2.30. The number of halogens is 2. The van der Waals surface area contributed by atoms with E-state index < -0.39 is 5.82 Å². The van der Waals surface area contributed by atoms with Crippen LogP contribution in [0, 0.1) is 19.7 Å². The fraction of sp³-hybridized carbons (Fsp3) is 0.154. The summed E-state index contributed by atoms with van der Waals surface area (Å²) in [5.74, 6) is -0.354. The van der Waals surface area contributed by atoms with Gasteiger partial charge in [0.25, 0.3) is 0 Å². The van der Waals surface area contributed by atoms with Crippen molar-refractivity contribution in [2.45, 2.75) is 26.9 Å². The highest BCUT2D eigenvalue weighted by Gasteiger charge is 2.17. The lowest BCUT2D eigenvalue weighted by molar-refractivity contribution is -0.116. The van der Waals surface area contributed by atoms with Gasteiger partial charge in [-0.05, 0) is 43.2 Å². The first kappa shape index (κ1) is 22.7. The first-order chi connectivity index (χ1) is 16.9. The van der Waals surface area contributed by atoms with Gasteiger partial charge in [-0.2, -0.15) is 10.2 Å². The second-order valence-corrected chi connectivity index (χ2v) is 8.72. The van der Waals surface area contributed by atoms with Crippen molar-refractivity contribution in [1.29, 1.82) is 0 Å². The van der Waals surface area contributed by atoms with Gasteiger partial charge >= 0.3 is 0 Å². The number of pyridine rings is 1. The van der Waals surface area contributed by atoms with Crippen molar-refractivity contribution in [1.82, 2.24) is 24.5 Å². The Kier molecular flexibility index (Phi) is 6.05. The van der Waals surface area contributed by atoms with Gasteiger partial charge in [0, 0.05) is 34.4 Å². The van der Waals surface area contributed by atoms with E-state index in [1.807, 2.05) is 19.1 Å². The number of amides is 1. The van der Waals surface area contributed by atoms with E-state index in [9.17, 15) is 9.18 Å². The Hall–Kier alpha value is -4.04. The van der Waals surface area contributed by atoms with Gasteiger partial charge in [-0.1, -0.05) is 47.5 Å². The molecule has 0 saturated carbocycles. The van der Waals surface area contributed by atoms with Gasteiger partial charge in [0.05, 0.1) is 12.2 Å². The fourth-order valence-electron chi connectivity index (χ4n) is 4.13. The summed E-state index contributed by atoms with van der Waals surface area (Å²) in [5.41, 5.74) is 5.02. The lowest BCUT2D eigenvalue weighted by atomic mass is 10.0. The number of anilines is 1. The molecule has 1 amide bonds. The molecule has 9 heteroatoms. The normalized spacial score (nSPS) is 11.2. The predicted molar refractivity (Wildman–Crippen MR) is 134 cm³/mol. The summed E-state index contributed by atoms with van der Waals surface area (Å²) in [6, 6.07) is 16.4. The zero-order chi connectivity index (χ0) is 24.5. The molecule has 3 heterocycles. The molecule has 7 nitrogen and oxygen atoms in total. The van der Waals surface area contributed by atoms with Crippen LogP contribution in [0.25, 0.3) is 22.2 Å². The molecular formula is C26H22ClFN6O. The number of hydrogen-bond donors (Lipinski definition) is 1. The molecule has 0 bridgehead atoms. The molecule has 176 valence electrons. The van der Waals surface area contributed by atoms with Crippen molar-refractivity contribution in [3.8, 4) is 11.1 Å². The average Bonchev–Trinajstić information content (AvgIpc) is 3.40. The Morgan fingerprint density at radius 2 is 1.91 bits per heavy atom. The van der Waals surface area contributed by atoms with Gasteiger partial charge in [0.15, 0.2) is 11.5 Å². The molecule has 5 rings (SSSR count). The molecule has 0 aliphatic carbocycles. The molecule has 3 aromatic heterocycles. The first-order valence-electron chi connectivity index (χ1n) is 11.0. The predicted octanol–water partition coefficient (Wildman–Crippen LogP) is 5.39. The average molecular weight is 489 g/mol. The van der Waals surface area contributed by atoms with Crippen LogP contribution >= 0.6 is 11.6 Å². The van der Waals surface area contributed by atoms with Crippen LogP contribution < -0.4 is 5.32 Å². The van der Waals surface area contributed by atoms with Crippen molar-refractivity contribution >= 4 is 34.4 Å². The Balaban J connectivity index is 1.34. The van der Waals surface area contributed by atoms with Crippen molar-refractivity contribution in [2.75, 3.05) is 5.32 Å². The molecule has 0 aliphatic heterocycles. The number of aryl methyl sites for hydroxylation is 2. The minimum absolute atomic E-state index is 0.0272. The standard InChI is InChI=1S/C26H22ClFN6O/c1-16-5-3-6-18(13-16)19-9-11-29-26-25(19)17(2)31-34(26)15-24(35)30-23-10-12-33(32-23)14-20-21(27)7-4-8-22(20)28/h3-13H,14-15H2,1-2H3,(H,30,32,35). The smallest absolute Gasteiger partial charge is 0.247 e. The molecule has 0 radical (unpaired) electrons. The molecule has 0 spiro atoms. The van der Waals surface area contributed by atoms with Gasteiger partial charge < -0.3 is 5.32 Å². The molecule has 1 N–H and O–H groups in total. The molecular weight excluding hydrogens is 467 g/mol. The number of nitrogens with one attached hydrogen (secondary N) is 1. The maximum absolute atomic E-state index is 14.1. The zero-order valence-corrected chi connectivity index (χ0v) is 19.9. The van der Waals surface area contributed by atoms with E-state index in [2.05, 4.69) is 45.6 Å². The molecule has 0 fully saturated rings. The maximum atomic E-state index is 14.1. The maximum Gasteiger partial charge on any atom is 0.247 e. The summed E-state index contributed by atoms with van der Waals surface area (Å²) < 4.78 is 17.2. The fourth-order valence-corrected chi connectivity index (χ4v) is 4.35. The van der Waals surface area contributed by atoms with E-state index in [1.165, 1.54) is 10.7 Å². The molecule has 0 aliphatic rings. The Morgan fingerprint density at radius 1 is 1.09 bits per heavy atom. The van der Waals surface area contributed by atoms with Gasteiger partial charge in [-0.25, -0.2) is 14.1 Å². The minimum atomic E-state index is -0.406. The summed E-state index contributed by atoms with van der Waals surface area (Å²) in [4.78, 5) is 17.3. The number of fused-ring (bicyclic) bond motifs is 1. The van der Waals surface area contributed by atoms with Gasteiger partial charge in [0.1, 0.15) is 12.4 Å². The largest absolute Gasteiger partial charge is 0.308 e. The van der Waals surface area contributed by atoms with Crippen LogP contribution in [-0.4, -0.2) is 30.5 Å². The quantitative estimate of drug-likeness (QED) is 0.347. The van der Waals surface area contributed by atoms with Crippen LogP contribution in [0.4, 0.5) is 10.2 Å². The van der Waals surface area contributed by atoms with Gasteiger partial charge in [-0.3, -0.25) is 9.48 Å². The number of carbonyl (C=O) groups is 1. The SMILES string of the molecule is Cc1cccc(-c2ccnc3c2c(C)nn3CC(=O)Nc2ccn(Cc3c(F)cccc3Cl)n2)c1. The van der Waals surface area contributed by atoms with E-state index in [-0.39, 0.29) is 19.0 Å². The number of aromatic nitrogens is 5. The first-order valence-corrected chi connectivity index (χ1v) is 11.4. The highest BCUT2D eigenvalue weighted by atomic mass is 35.5. The van der Waals surface area contributed by atoms with Crippen LogP contribution in [0.15, 0.2) is 67.0 Å². The molecule has 0 unspecified atom stereocenters. The van der Waals surface area contributed by atoms with Crippen LogP contribution in [0.5, 0.6) is 0 Å². The Bertz CT molecular complexity index is 1540. The molecule has 35 heavy (non-hydrogen) atoms. The number of nitrogens with zero attached hydrogens (tertiary/aromatic N) is 5. The van der Waals surface area contributed by atoms with Crippen LogP contribution in [0.2, 0.25) is 5.02 Å². The minimum Gasteiger partial charge on any atom is -0.308 e. The summed E-state index contributed by atoms with van der Waals surface area (Å²) >= 11 is 6.10. The van der Waals surface area contributed by atoms with E-state index in [4.69, 9.17) is 11.6 Å². The highest BCUT2D eigenvalue weighted by molar-refractivity contribution is 6.31. The van der Waals surface area contributed by atoms with Crippen LogP contribution in [0.3, 0.4) is 0 Å². The molecule has 0 atom stereocenters. The lowest BCUT2D eigenvalue weighted by Crippen LogP contribution is -2.20. The Morgan fingerprint density at radius 3 is 2.71 bits per heavy atom. The van der Waals surface area contributed by atoms with Gasteiger partial charge in [0.2, 0.25) is 5.91 Å². The summed E-state index contributed by atoms with van der Waals surface area (Å²) in [7, 11) is 0. The van der Waals surface area contributed by atoms with Crippen molar-refractivity contribution in [3.63, 3.8) is 0 Å². The summed E-state index contributed by atoms with van der Waals surface area (Å²) in [6.45, 7) is 4.08. The number of benzene rings is 2. The second kappa shape index (κ2) is 9.31. The van der Waals surface area contributed by atoms with Crippen LogP contribution in [0.1, 0.15) is 16.8 Å². The zero-order valence-electron chi connectivity index (χ0n) is 19.2. The topological polar surface area (TPSA) is 77.6 Å². The van der Waals surface area contributed by atoms with Crippen LogP contribution in [-0.2, 0) is 17.9 Å². The number of carbonyl (C=O) groups excluding carboxylic acids is 1.